The van der Waals surface area contributed by atoms with Crippen molar-refractivity contribution in [3.05, 3.63) is 0 Å². The van der Waals surface area contributed by atoms with Crippen LogP contribution in [0, 0.1) is 0 Å². The first kappa shape index (κ1) is 12.9. The number of nitrogens with one attached hydrogen (secondary N) is 2. The van der Waals surface area contributed by atoms with Crippen LogP contribution >= 0.6 is 0 Å². The van der Waals surface area contributed by atoms with Gasteiger partial charge in [0.15, 0.2) is 0 Å². The molecular weight excluding hydrogens is 226 g/mol. The van der Waals surface area contributed by atoms with E-state index >= 15 is 0 Å². The number of anilines is 2. The number of ether oxygens (including phenoxy) is 1. The number of rotatable bonds is 6. The molecule has 0 aromatic carbocycles. The summed E-state index contributed by atoms with van der Waals surface area (Å²) in [5.74, 6) is 4.95. The Kier molecular flexibility index (Phi) is 4.40. The molecule has 0 radical (unpaired) electrons. The number of nitrogen functional groups attached to an aromatic ring is 1. The van der Waals surface area contributed by atoms with Gasteiger partial charge < -0.3 is 15.8 Å². The number of nitrogens with zero attached hydrogens (tertiary/aromatic N) is 3. The van der Waals surface area contributed by atoms with Crippen LogP contribution in [0.25, 0.3) is 0 Å². The maximum atomic E-state index is 10.6. The first-order valence-corrected chi connectivity index (χ1v) is 4.92. The molecule has 0 aliphatic heterocycles. The van der Waals surface area contributed by atoms with Gasteiger partial charge in [0, 0.05) is 0 Å². The van der Waals surface area contributed by atoms with Crippen molar-refractivity contribution in [2.24, 2.45) is 11.6 Å². The van der Waals surface area contributed by atoms with Crippen molar-refractivity contribution in [1.82, 2.24) is 15.0 Å². The van der Waals surface area contributed by atoms with Crippen LogP contribution in [-0.2, 0) is 4.79 Å². The normalized spacial score (nSPS) is 10.1. The molecule has 1 aromatic heterocycles. The number of carbonyl (C=O) groups is 1. The minimum atomic E-state index is -0.529. The fourth-order valence-corrected chi connectivity index (χ4v) is 0.930. The third-order valence-electron chi connectivity index (χ3n) is 1.51. The highest BCUT2D eigenvalue weighted by atomic mass is 16.5. The average molecular weight is 241 g/mol. The zero-order valence-electron chi connectivity index (χ0n) is 9.60. The number of hydrogen-bond donors (Lipinski definition) is 4. The van der Waals surface area contributed by atoms with Crippen molar-refractivity contribution in [2.75, 3.05) is 17.3 Å². The molecule has 17 heavy (non-hydrogen) atoms. The number of hydrazine groups is 1. The molecule has 1 rings (SSSR count). The monoisotopic (exact) mass is 241 g/mol. The van der Waals surface area contributed by atoms with E-state index in [1.807, 2.05) is 13.8 Å². The van der Waals surface area contributed by atoms with Crippen molar-refractivity contribution >= 4 is 17.8 Å². The Morgan fingerprint density at radius 1 is 1.35 bits per heavy atom. The van der Waals surface area contributed by atoms with Gasteiger partial charge in [-0.3, -0.25) is 10.2 Å². The summed E-state index contributed by atoms with van der Waals surface area (Å²) in [5, 5.41) is 2.62. The first-order chi connectivity index (χ1) is 8.01. The zero-order chi connectivity index (χ0) is 12.8. The molecular formula is C8H15N7O2. The van der Waals surface area contributed by atoms with E-state index < -0.39 is 5.91 Å². The molecule has 9 heteroatoms. The van der Waals surface area contributed by atoms with Gasteiger partial charge in [0.25, 0.3) is 0 Å². The fraction of sp³-hybridized carbons (Fsp3) is 0.500. The van der Waals surface area contributed by atoms with E-state index in [4.69, 9.17) is 16.3 Å². The van der Waals surface area contributed by atoms with E-state index in [9.17, 15) is 4.79 Å². The number of amides is 1. The molecule has 0 aliphatic rings. The summed E-state index contributed by atoms with van der Waals surface area (Å²) in [5.41, 5.74) is 7.26. The Morgan fingerprint density at radius 3 is 2.53 bits per heavy atom. The lowest BCUT2D eigenvalue weighted by Gasteiger charge is -2.10. The standard InChI is InChI=1S/C8H15N7O2/c1-4(2)17-8-13-6(11-3-5(9)16)12-7(14-8)15-10/h4H,3,10H2,1-2H3,(H2,9,16)(H2,11,12,13,14,15). The Balaban J connectivity index is 2.84. The SMILES string of the molecule is CC(C)Oc1nc(NN)nc(NCC(N)=O)n1. The van der Waals surface area contributed by atoms with Crippen LogP contribution in [0.15, 0.2) is 0 Å². The number of primary amides is 1. The van der Waals surface area contributed by atoms with Crippen LogP contribution in [0.5, 0.6) is 6.01 Å². The third-order valence-corrected chi connectivity index (χ3v) is 1.51. The Labute approximate surface area is 97.9 Å². The lowest BCUT2D eigenvalue weighted by Crippen LogP contribution is -2.23. The topological polar surface area (TPSA) is 141 Å². The Bertz CT molecular complexity index is 395. The second kappa shape index (κ2) is 5.80. The van der Waals surface area contributed by atoms with Crippen molar-refractivity contribution < 1.29 is 9.53 Å². The number of hydrogen-bond acceptors (Lipinski definition) is 8. The van der Waals surface area contributed by atoms with Gasteiger partial charge in [-0.2, -0.15) is 15.0 Å². The summed E-state index contributed by atoms with van der Waals surface area (Å²) < 4.78 is 5.29. The van der Waals surface area contributed by atoms with Gasteiger partial charge in [-0.05, 0) is 13.8 Å². The molecule has 0 saturated heterocycles. The van der Waals surface area contributed by atoms with E-state index in [0.717, 1.165) is 0 Å². The molecule has 0 spiro atoms. The minimum Gasteiger partial charge on any atom is -0.461 e. The summed E-state index contributed by atoms with van der Waals surface area (Å²) in [7, 11) is 0. The molecule has 0 atom stereocenters. The van der Waals surface area contributed by atoms with Crippen LogP contribution < -0.4 is 27.1 Å². The van der Waals surface area contributed by atoms with Crippen LogP contribution in [0.1, 0.15) is 13.8 Å². The molecule has 9 nitrogen and oxygen atoms in total. The second-order valence-electron chi connectivity index (χ2n) is 3.40. The predicted molar refractivity (Wildman–Crippen MR) is 61.1 cm³/mol. The molecule has 1 heterocycles. The van der Waals surface area contributed by atoms with Crippen molar-refractivity contribution in [3.63, 3.8) is 0 Å². The van der Waals surface area contributed by atoms with Crippen LogP contribution in [-0.4, -0.2) is 33.5 Å². The zero-order valence-corrected chi connectivity index (χ0v) is 9.60. The van der Waals surface area contributed by atoms with Crippen LogP contribution in [0.3, 0.4) is 0 Å². The van der Waals surface area contributed by atoms with E-state index in [0.29, 0.717) is 0 Å². The van der Waals surface area contributed by atoms with Crippen LogP contribution in [0.2, 0.25) is 0 Å². The van der Waals surface area contributed by atoms with Gasteiger partial charge >= 0.3 is 6.01 Å². The first-order valence-electron chi connectivity index (χ1n) is 4.92. The summed E-state index contributed by atoms with van der Waals surface area (Å²) in [6.07, 6.45) is -0.0907. The highest BCUT2D eigenvalue weighted by molar-refractivity contribution is 5.78. The van der Waals surface area contributed by atoms with Crippen molar-refractivity contribution in [2.45, 2.75) is 20.0 Å². The van der Waals surface area contributed by atoms with E-state index in [1.54, 1.807) is 0 Å². The van der Waals surface area contributed by atoms with E-state index in [1.165, 1.54) is 0 Å². The van der Waals surface area contributed by atoms with Crippen molar-refractivity contribution in [3.8, 4) is 6.01 Å². The number of nitrogens with two attached hydrogens (primary N) is 2. The molecule has 0 fully saturated rings. The maximum absolute atomic E-state index is 10.6. The second-order valence-corrected chi connectivity index (χ2v) is 3.40. The predicted octanol–water partition coefficient (Wildman–Crippen LogP) is -1.16. The van der Waals surface area contributed by atoms with Gasteiger partial charge in [-0.15, -0.1) is 0 Å². The lowest BCUT2D eigenvalue weighted by molar-refractivity contribution is -0.116. The summed E-state index contributed by atoms with van der Waals surface area (Å²) in [6.45, 7) is 3.57. The van der Waals surface area contributed by atoms with Gasteiger partial charge in [0.1, 0.15) is 0 Å². The maximum Gasteiger partial charge on any atom is 0.323 e. The summed E-state index contributed by atoms with van der Waals surface area (Å²) in [6, 6.07) is 0.106. The molecule has 0 unspecified atom stereocenters. The lowest BCUT2D eigenvalue weighted by atomic mass is 10.5. The smallest absolute Gasteiger partial charge is 0.323 e. The van der Waals surface area contributed by atoms with Gasteiger partial charge in [0.2, 0.25) is 17.8 Å². The highest BCUT2D eigenvalue weighted by Gasteiger charge is 2.08. The van der Waals surface area contributed by atoms with Crippen LogP contribution in [0.4, 0.5) is 11.9 Å². The molecule has 0 bridgehead atoms. The molecule has 94 valence electrons. The number of carbonyl (C=O) groups excluding carboxylic acids is 1. The highest BCUT2D eigenvalue weighted by Crippen LogP contribution is 2.11. The van der Waals surface area contributed by atoms with E-state index in [-0.39, 0.29) is 30.6 Å². The Morgan fingerprint density at radius 2 is 2.00 bits per heavy atom. The average Bonchev–Trinajstić information content (AvgIpc) is 2.25. The quantitative estimate of drug-likeness (QED) is 0.361. The Hall–Kier alpha value is -2.16. The summed E-state index contributed by atoms with van der Waals surface area (Å²) in [4.78, 5) is 22.3. The third kappa shape index (κ3) is 4.47. The van der Waals surface area contributed by atoms with Gasteiger partial charge in [-0.1, -0.05) is 0 Å². The molecule has 0 saturated carbocycles. The molecule has 1 aromatic rings. The molecule has 1 amide bonds. The van der Waals surface area contributed by atoms with E-state index in [2.05, 4.69) is 25.7 Å². The molecule has 6 N–H and O–H groups in total. The number of aromatic nitrogens is 3. The minimum absolute atomic E-state index is 0.0882. The summed E-state index contributed by atoms with van der Waals surface area (Å²) >= 11 is 0. The molecule has 0 aliphatic carbocycles. The fourth-order valence-electron chi connectivity index (χ4n) is 0.930. The van der Waals surface area contributed by atoms with Gasteiger partial charge in [-0.25, -0.2) is 5.84 Å². The largest absolute Gasteiger partial charge is 0.461 e. The van der Waals surface area contributed by atoms with Crippen molar-refractivity contribution in [1.29, 1.82) is 0 Å². The van der Waals surface area contributed by atoms with Gasteiger partial charge in [0.05, 0.1) is 12.6 Å².